The maximum absolute atomic E-state index is 12.0. The molecule has 0 aliphatic carbocycles. The second-order valence-corrected chi connectivity index (χ2v) is 3.81. The van der Waals surface area contributed by atoms with E-state index in [-0.39, 0.29) is 51.4 Å². The summed E-state index contributed by atoms with van der Waals surface area (Å²) >= 11 is 0. The fourth-order valence-electron chi connectivity index (χ4n) is 1.24. The summed E-state index contributed by atoms with van der Waals surface area (Å²) in [7, 11) is 0. The van der Waals surface area contributed by atoms with Crippen LogP contribution in [0.5, 0.6) is 0 Å². The molecule has 82 valence electrons. The zero-order valence-electron chi connectivity index (χ0n) is 9.75. The van der Waals surface area contributed by atoms with Crippen molar-refractivity contribution in [3.05, 3.63) is 41.4 Å². The molecule has 1 aromatic carbocycles. The summed E-state index contributed by atoms with van der Waals surface area (Å²) in [4.78, 5) is 0. The van der Waals surface area contributed by atoms with Crippen LogP contribution in [0.15, 0.2) is 30.2 Å². The van der Waals surface area contributed by atoms with E-state index in [1.807, 2.05) is 19.9 Å². The second-order valence-electron chi connectivity index (χ2n) is 3.81. The van der Waals surface area contributed by atoms with E-state index in [1.165, 1.54) is 0 Å². The van der Waals surface area contributed by atoms with E-state index in [1.54, 1.807) is 18.2 Å². The van der Waals surface area contributed by atoms with E-state index in [4.69, 9.17) is 0 Å². The van der Waals surface area contributed by atoms with Crippen LogP contribution in [0, 0.1) is 0 Å². The minimum atomic E-state index is -4.84. The van der Waals surface area contributed by atoms with Crippen molar-refractivity contribution in [2.45, 2.75) is 19.8 Å². The van der Waals surface area contributed by atoms with Crippen molar-refractivity contribution in [3.8, 4) is 0 Å². The Morgan fingerprint density at radius 2 is 1.81 bits per heavy atom. The summed E-state index contributed by atoms with van der Waals surface area (Å²) < 4.78 is 35.9. The molecule has 0 N–H and O–H groups in total. The summed E-state index contributed by atoms with van der Waals surface area (Å²) in [5, 5.41) is 0. The zero-order chi connectivity index (χ0) is 11.5. The largest absolute Gasteiger partial charge is 1.00 e. The van der Waals surface area contributed by atoms with Gasteiger partial charge in [0.1, 0.15) is 0 Å². The van der Waals surface area contributed by atoms with Crippen molar-refractivity contribution in [2.24, 2.45) is 0 Å². The second kappa shape index (κ2) is 7.01. The molecule has 0 atom stereocenters. The van der Waals surface area contributed by atoms with Gasteiger partial charge in [0, 0.05) is 0 Å². The van der Waals surface area contributed by atoms with Gasteiger partial charge in [-0.25, -0.2) is 0 Å². The molecule has 0 spiro atoms. The maximum Gasteiger partial charge on any atom is 1.00 e. The molecule has 0 bridgehead atoms. The van der Waals surface area contributed by atoms with Crippen molar-refractivity contribution in [3.63, 3.8) is 0 Å². The third-order valence-corrected chi connectivity index (χ3v) is 2.08. The molecule has 1 aromatic rings. The summed E-state index contributed by atoms with van der Waals surface area (Å²) in [6.07, 6.45) is 1.12. The van der Waals surface area contributed by atoms with Crippen LogP contribution in [0.4, 0.5) is 12.9 Å². The maximum atomic E-state index is 12.0. The first-order chi connectivity index (χ1) is 6.88. The molecule has 0 fully saturated rings. The zero-order valence-corrected chi connectivity index (χ0v) is 12.9. The topological polar surface area (TPSA) is 0 Å². The Kier molecular flexibility index (Phi) is 7.21. The molecule has 1 rings (SSSR count). The van der Waals surface area contributed by atoms with E-state index in [2.05, 4.69) is 0 Å². The van der Waals surface area contributed by atoms with Gasteiger partial charge >= 0.3 is 58.4 Å². The molecule has 0 aliphatic rings. The Morgan fingerprint density at radius 3 is 2.31 bits per heavy atom. The van der Waals surface area contributed by atoms with E-state index < -0.39 is 6.98 Å². The average Bonchev–Trinajstić information content (AvgIpc) is 2.14. The van der Waals surface area contributed by atoms with Crippen molar-refractivity contribution < 1.29 is 64.3 Å². The SMILES string of the molecule is CC(C)c1cccc(/C=C/[B-](F)(F)F)c1.[K+]. The van der Waals surface area contributed by atoms with Crippen LogP contribution in [0.1, 0.15) is 30.9 Å². The van der Waals surface area contributed by atoms with Gasteiger partial charge in [-0.15, -0.1) is 5.98 Å². The summed E-state index contributed by atoms with van der Waals surface area (Å²) in [5.74, 6) is 0.647. The molecule has 0 radical (unpaired) electrons. The number of hydrogen-bond acceptors (Lipinski definition) is 0. The van der Waals surface area contributed by atoms with Crippen molar-refractivity contribution in [1.29, 1.82) is 0 Å². The molecular weight excluding hydrogens is 239 g/mol. The Labute approximate surface area is 137 Å². The molecular formula is C11H13BF3K. The van der Waals surface area contributed by atoms with Gasteiger partial charge in [0.15, 0.2) is 0 Å². The Balaban J connectivity index is 0.00000225. The number of hydrogen-bond donors (Lipinski definition) is 0. The van der Waals surface area contributed by atoms with Crippen LogP contribution in [0.2, 0.25) is 0 Å². The standard InChI is InChI=1S/C11H13BF3.K/c1-9(2)11-5-3-4-10(8-11)6-7-12(13,14)15;/h3-9H,1-2H3;/q-1;+1/b7-6+;. The molecule has 0 saturated heterocycles. The molecule has 0 nitrogen and oxygen atoms in total. The molecule has 16 heavy (non-hydrogen) atoms. The van der Waals surface area contributed by atoms with Gasteiger partial charge in [-0.3, -0.25) is 0 Å². The summed E-state index contributed by atoms with van der Waals surface area (Å²) in [6.45, 7) is -0.817. The molecule has 0 aromatic heterocycles. The first-order valence-electron chi connectivity index (χ1n) is 4.87. The quantitative estimate of drug-likeness (QED) is 0.709. The Bertz CT molecular complexity index is 358. The molecule has 0 aliphatic heterocycles. The number of benzene rings is 1. The Hall–Kier alpha value is 0.451. The van der Waals surface area contributed by atoms with E-state index in [0.29, 0.717) is 17.5 Å². The fraction of sp³-hybridized carbons (Fsp3) is 0.273. The molecule has 5 heteroatoms. The molecule has 0 saturated carbocycles. The predicted molar refractivity (Wildman–Crippen MR) is 58.6 cm³/mol. The van der Waals surface area contributed by atoms with Gasteiger partial charge in [0.25, 0.3) is 0 Å². The minimum absolute atomic E-state index is 0. The number of rotatable bonds is 3. The van der Waals surface area contributed by atoms with Crippen LogP contribution in [0.3, 0.4) is 0 Å². The predicted octanol–water partition coefficient (Wildman–Crippen LogP) is 1.21. The van der Waals surface area contributed by atoms with Crippen LogP contribution in [-0.4, -0.2) is 6.98 Å². The summed E-state index contributed by atoms with van der Waals surface area (Å²) in [6, 6.07) is 7.15. The first kappa shape index (κ1) is 16.5. The van der Waals surface area contributed by atoms with E-state index >= 15 is 0 Å². The fourth-order valence-corrected chi connectivity index (χ4v) is 1.24. The summed E-state index contributed by atoms with van der Waals surface area (Å²) in [5.41, 5.74) is 1.65. The molecule has 0 unspecified atom stereocenters. The Morgan fingerprint density at radius 1 is 1.19 bits per heavy atom. The van der Waals surface area contributed by atoms with Crippen molar-refractivity contribution in [1.82, 2.24) is 0 Å². The van der Waals surface area contributed by atoms with Crippen LogP contribution in [0.25, 0.3) is 6.08 Å². The number of halogens is 3. The van der Waals surface area contributed by atoms with Crippen LogP contribution >= 0.6 is 0 Å². The van der Waals surface area contributed by atoms with E-state index in [0.717, 1.165) is 11.6 Å². The van der Waals surface area contributed by atoms with Gasteiger partial charge < -0.3 is 12.9 Å². The molecule has 0 amide bonds. The third-order valence-electron chi connectivity index (χ3n) is 2.08. The van der Waals surface area contributed by atoms with Crippen LogP contribution < -0.4 is 51.4 Å². The van der Waals surface area contributed by atoms with Gasteiger partial charge in [0.05, 0.1) is 0 Å². The van der Waals surface area contributed by atoms with Crippen molar-refractivity contribution >= 4 is 13.1 Å². The van der Waals surface area contributed by atoms with Crippen LogP contribution in [-0.2, 0) is 0 Å². The van der Waals surface area contributed by atoms with E-state index in [9.17, 15) is 12.9 Å². The monoisotopic (exact) mass is 252 g/mol. The first-order valence-corrected chi connectivity index (χ1v) is 4.87. The minimum Gasteiger partial charge on any atom is -0.445 e. The van der Waals surface area contributed by atoms with Gasteiger partial charge in [0.2, 0.25) is 0 Å². The molecule has 0 heterocycles. The normalized spacial score (nSPS) is 11.9. The van der Waals surface area contributed by atoms with Gasteiger partial charge in [-0.05, 0) is 17.0 Å². The van der Waals surface area contributed by atoms with Gasteiger partial charge in [-0.2, -0.15) is 0 Å². The third kappa shape index (κ3) is 6.25. The van der Waals surface area contributed by atoms with Gasteiger partial charge in [-0.1, -0.05) is 44.2 Å². The van der Waals surface area contributed by atoms with Crippen molar-refractivity contribution in [2.75, 3.05) is 0 Å². The average molecular weight is 252 g/mol. The smallest absolute Gasteiger partial charge is 0.445 e.